The molecule has 4 unspecified atom stereocenters. The third kappa shape index (κ3) is 11.2. The zero-order valence-electron chi connectivity index (χ0n) is 24.0. The number of benzene rings is 2. The number of hydrogen-bond donors (Lipinski definition) is 7. The van der Waals surface area contributed by atoms with E-state index in [0.717, 1.165) is 0 Å². The van der Waals surface area contributed by atoms with Crippen molar-refractivity contribution in [3.8, 4) is 0 Å². The summed E-state index contributed by atoms with van der Waals surface area (Å²) in [6.07, 6.45) is 0.875. The Labute approximate surface area is 261 Å². The van der Waals surface area contributed by atoms with Crippen LogP contribution in [0, 0.1) is 0 Å². The van der Waals surface area contributed by atoms with Gasteiger partial charge in [-0.05, 0) is 17.4 Å². The Kier molecular flexibility index (Phi) is 14.4. The van der Waals surface area contributed by atoms with Crippen LogP contribution in [0.3, 0.4) is 0 Å². The lowest BCUT2D eigenvalue weighted by Crippen LogP contribution is -2.51. The SMILES string of the molecule is CSCC(NC(=O)C(NC(=O)CON(C(=O)CO)C(C(=O)NC(CC(N)=O)C(=O)O)c1ccccc1)c1ccccc1)C(=O)O. The van der Waals surface area contributed by atoms with Crippen LogP contribution < -0.4 is 21.7 Å². The van der Waals surface area contributed by atoms with Gasteiger partial charge in [-0.25, -0.2) is 14.7 Å². The number of carboxylic acids is 2. The maximum absolute atomic E-state index is 13.3. The fraction of sp³-hybridized carbons (Fsp3) is 0.321. The second-order valence-electron chi connectivity index (χ2n) is 9.30. The Balaban J connectivity index is 2.35. The molecule has 0 spiro atoms. The zero-order chi connectivity index (χ0) is 33.5. The molecule has 0 saturated heterocycles. The van der Waals surface area contributed by atoms with Gasteiger partial charge >= 0.3 is 11.9 Å². The highest BCUT2D eigenvalue weighted by atomic mass is 32.2. The van der Waals surface area contributed by atoms with Crippen LogP contribution in [-0.2, 0) is 38.4 Å². The summed E-state index contributed by atoms with van der Waals surface area (Å²) in [6, 6.07) is 9.00. The maximum Gasteiger partial charge on any atom is 0.327 e. The molecule has 0 bridgehead atoms. The molecule has 242 valence electrons. The van der Waals surface area contributed by atoms with E-state index in [0.29, 0.717) is 5.06 Å². The molecule has 4 atom stereocenters. The van der Waals surface area contributed by atoms with E-state index in [-0.39, 0.29) is 16.9 Å². The van der Waals surface area contributed by atoms with Crippen LogP contribution in [0.1, 0.15) is 29.6 Å². The van der Waals surface area contributed by atoms with E-state index in [2.05, 4.69) is 16.0 Å². The Morgan fingerprint density at radius 3 is 1.84 bits per heavy atom. The molecule has 0 radical (unpaired) electrons. The molecule has 2 aromatic carbocycles. The molecule has 0 saturated carbocycles. The number of primary amides is 1. The van der Waals surface area contributed by atoms with Gasteiger partial charge in [-0.1, -0.05) is 60.7 Å². The minimum atomic E-state index is -1.78. The molecule has 0 fully saturated rings. The van der Waals surface area contributed by atoms with Gasteiger partial charge < -0.3 is 37.0 Å². The number of rotatable bonds is 18. The van der Waals surface area contributed by atoms with E-state index in [1.54, 1.807) is 30.5 Å². The summed E-state index contributed by atoms with van der Waals surface area (Å²) in [5.74, 6) is -8.06. The quantitative estimate of drug-likeness (QED) is 0.0934. The summed E-state index contributed by atoms with van der Waals surface area (Å²) in [7, 11) is 0. The van der Waals surface area contributed by atoms with Gasteiger partial charge in [0.2, 0.25) is 17.7 Å². The first-order chi connectivity index (χ1) is 21.4. The predicted octanol–water partition coefficient (Wildman–Crippen LogP) is -1.29. The minimum absolute atomic E-state index is 0.0446. The first-order valence-corrected chi connectivity index (χ1v) is 14.6. The van der Waals surface area contributed by atoms with Crippen molar-refractivity contribution in [2.75, 3.05) is 25.2 Å². The standard InChI is InChI=1S/C28H33N5O11S/c1-45-15-19(28(42)43)31-25(38)23(16-8-4-2-5-9-16)32-21(36)14-44-33(22(37)13-34)24(17-10-6-3-7-11-17)26(39)30-18(27(40)41)12-20(29)35/h2-11,18-19,23-24,34H,12-15H2,1H3,(H2,29,35)(H,30,39)(H,31,38)(H,32,36)(H,40,41)(H,42,43). The lowest BCUT2D eigenvalue weighted by atomic mass is 10.0. The molecule has 5 amide bonds. The smallest absolute Gasteiger partial charge is 0.327 e. The number of aliphatic hydroxyl groups excluding tert-OH is 1. The molecule has 45 heavy (non-hydrogen) atoms. The molecule has 0 aliphatic rings. The number of carbonyl (C=O) groups is 7. The molecular formula is C28H33N5O11S. The monoisotopic (exact) mass is 647 g/mol. The summed E-state index contributed by atoms with van der Waals surface area (Å²) in [5, 5.41) is 35.7. The molecule has 16 nitrogen and oxygen atoms in total. The van der Waals surface area contributed by atoms with Crippen molar-refractivity contribution in [2.24, 2.45) is 5.73 Å². The summed E-state index contributed by atoms with van der Waals surface area (Å²) in [4.78, 5) is 92.2. The van der Waals surface area contributed by atoms with Gasteiger partial charge in [0, 0.05) is 5.75 Å². The predicted molar refractivity (Wildman–Crippen MR) is 158 cm³/mol. The average molecular weight is 648 g/mol. The van der Waals surface area contributed by atoms with E-state index in [9.17, 15) is 48.9 Å². The summed E-state index contributed by atoms with van der Waals surface area (Å²) >= 11 is 1.18. The number of nitrogens with zero attached hydrogens (tertiary/aromatic N) is 1. The minimum Gasteiger partial charge on any atom is -0.480 e. The first-order valence-electron chi connectivity index (χ1n) is 13.2. The number of hydroxylamine groups is 2. The van der Waals surface area contributed by atoms with Gasteiger partial charge in [-0.3, -0.25) is 28.8 Å². The number of aliphatic hydroxyl groups is 1. The fourth-order valence-corrected chi connectivity index (χ4v) is 4.47. The number of amides is 5. The lowest BCUT2D eigenvalue weighted by Gasteiger charge is -2.30. The Bertz CT molecular complexity index is 1360. The normalized spacial score (nSPS) is 13.3. The number of aliphatic carboxylic acids is 2. The Hall–Kier alpha value is -5.00. The van der Waals surface area contributed by atoms with E-state index < -0.39 is 85.3 Å². The van der Waals surface area contributed by atoms with Crippen LogP contribution in [0.25, 0.3) is 0 Å². The van der Waals surface area contributed by atoms with Crippen molar-refractivity contribution in [3.63, 3.8) is 0 Å². The number of nitrogens with two attached hydrogens (primary N) is 1. The maximum atomic E-state index is 13.3. The Morgan fingerprint density at radius 2 is 1.36 bits per heavy atom. The third-order valence-electron chi connectivity index (χ3n) is 5.98. The van der Waals surface area contributed by atoms with Crippen LogP contribution in [-0.4, -0.2) is 99.2 Å². The van der Waals surface area contributed by atoms with E-state index in [4.69, 9.17) is 10.6 Å². The van der Waals surface area contributed by atoms with Gasteiger partial charge in [0.05, 0.1) is 6.42 Å². The van der Waals surface area contributed by atoms with E-state index >= 15 is 0 Å². The highest BCUT2D eigenvalue weighted by Crippen LogP contribution is 2.23. The first kappa shape index (κ1) is 36.2. The Morgan fingerprint density at radius 1 is 0.822 bits per heavy atom. The molecular weight excluding hydrogens is 614 g/mol. The van der Waals surface area contributed by atoms with Crippen LogP contribution in [0.15, 0.2) is 60.7 Å². The second kappa shape index (κ2) is 18.0. The van der Waals surface area contributed by atoms with Crippen LogP contribution in [0.4, 0.5) is 0 Å². The summed E-state index contributed by atoms with van der Waals surface area (Å²) in [6.45, 7) is -2.18. The van der Waals surface area contributed by atoms with Crippen molar-refractivity contribution in [3.05, 3.63) is 71.8 Å². The van der Waals surface area contributed by atoms with Crippen molar-refractivity contribution < 1.29 is 53.7 Å². The average Bonchev–Trinajstić information content (AvgIpc) is 3.01. The van der Waals surface area contributed by atoms with Crippen molar-refractivity contribution >= 4 is 53.2 Å². The second-order valence-corrected chi connectivity index (χ2v) is 10.2. The summed E-state index contributed by atoms with van der Waals surface area (Å²) in [5.41, 5.74) is 5.45. The van der Waals surface area contributed by atoms with E-state index in [1.807, 2.05) is 0 Å². The zero-order valence-corrected chi connectivity index (χ0v) is 24.8. The number of carboxylic acid groups (broad SMARTS) is 2. The molecule has 0 aliphatic carbocycles. The molecule has 0 heterocycles. The van der Waals surface area contributed by atoms with Gasteiger partial charge in [-0.2, -0.15) is 11.8 Å². The van der Waals surface area contributed by atoms with E-state index in [1.165, 1.54) is 48.2 Å². The number of thioether (sulfide) groups is 1. The number of hydrogen-bond acceptors (Lipinski definition) is 10. The van der Waals surface area contributed by atoms with Crippen LogP contribution in [0.2, 0.25) is 0 Å². The van der Waals surface area contributed by atoms with Crippen molar-refractivity contribution in [2.45, 2.75) is 30.6 Å². The molecule has 0 aliphatic heterocycles. The van der Waals surface area contributed by atoms with Gasteiger partial charge in [0.15, 0.2) is 12.6 Å². The molecule has 2 rings (SSSR count). The fourth-order valence-electron chi connectivity index (χ4n) is 3.91. The largest absolute Gasteiger partial charge is 0.480 e. The van der Waals surface area contributed by atoms with Gasteiger partial charge in [0.25, 0.3) is 11.8 Å². The molecule has 8 N–H and O–H groups in total. The lowest BCUT2D eigenvalue weighted by molar-refractivity contribution is -0.206. The number of nitrogens with one attached hydrogen (secondary N) is 3. The molecule has 2 aromatic rings. The van der Waals surface area contributed by atoms with Gasteiger partial charge in [-0.15, -0.1) is 0 Å². The molecule has 0 aromatic heterocycles. The van der Waals surface area contributed by atoms with Crippen LogP contribution >= 0.6 is 11.8 Å². The van der Waals surface area contributed by atoms with Crippen LogP contribution in [0.5, 0.6) is 0 Å². The molecule has 17 heteroatoms. The number of carbonyl (C=O) groups excluding carboxylic acids is 5. The highest BCUT2D eigenvalue weighted by Gasteiger charge is 2.36. The topological polar surface area (TPSA) is 255 Å². The third-order valence-corrected chi connectivity index (χ3v) is 6.65. The van der Waals surface area contributed by atoms with Crippen molar-refractivity contribution in [1.29, 1.82) is 0 Å². The van der Waals surface area contributed by atoms with Crippen molar-refractivity contribution in [1.82, 2.24) is 21.0 Å². The highest BCUT2D eigenvalue weighted by molar-refractivity contribution is 7.98. The summed E-state index contributed by atoms with van der Waals surface area (Å²) < 4.78 is 0. The van der Waals surface area contributed by atoms with Gasteiger partial charge in [0.1, 0.15) is 24.7 Å².